The Morgan fingerprint density at radius 2 is 2.45 bits per heavy atom. The molecule has 0 bridgehead atoms. The number of nitrogens with one attached hydrogen (secondary N) is 2. The van der Waals surface area contributed by atoms with Gasteiger partial charge in [0.25, 0.3) is 0 Å². The first-order valence-electron chi connectivity index (χ1n) is 3.68. The van der Waals surface area contributed by atoms with Crippen molar-refractivity contribution >= 4 is 0 Å². The minimum absolute atomic E-state index is 0.148. The summed E-state index contributed by atoms with van der Waals surface area (Å²) in [5.41, 5.74) is 2.81. The Morgan fingerprint density at radius 1 is 1.55 bits per heavy atom. The number of hydrogen-bond acceptors (Lipinski definition) is 2. The van der Waals surface area contributed by atoms with Crippen LogP contribution in [-0.2, 0) is 13.0 Å². The number of aromatic amines is 1. The second-order valence-electron chi connectivity index (χ2n) is 2.59. The summed E-state index contributed by atoms with van der Waals surface area (Å²) in [4.78, 5) is 2.25. The van der Waals surface area contributed by atoms with Crippen LogP contribution in [0.4, 0.5) is 0 Å². The number of nitrogens with zero attached hydrogens (tertiary/aromatic N) is 1. The Labute approximate surface area is 76.2 Å². The van der Waals surface area contributed by atoms with Crippen LogP contribution in [0.15, 0.2) is 0 Å². The van der Waals surface area contributed by atoms with Gasteiger partial charge in [-0.1, -0.05) is 0 Å². The van der Waals surface area contributed by atoms with Crippen molar-refractivity contribution in [3.63, 3.8) is 0 Å². The van der Waals surface area contributed by atoms with E-state index in [2.05, 4.69) is 20.4 Å². The summed E-state index contributed by atoms with van der Waals surface area (Å²) in [6.07, 6.45) is 1.12. The normalized spacial score (nSPS) is 16.8. The Kier molecular flexibility index (Phi) is 2.13. The maximum atomic E-state index is 4.30. The van der Waals surface area contributed by atoms with E-state index in [9.17, 15) is 0 Å². The first-order chi connectivity index (χ1) is 5.42. The topological polar surface area (TPSA) is 40.7 Å². The number of fused-ring (bicyclic) bond motifs is 1. The van der Waals surface area contributed by atoms with Gasteiger partial charge in [0, 0.05) is 0 Å². The molecular formula is C7H11IN3-. The standard InChI is InChI=1S/C7H11IN3/c1-8-7-5-4-9-3-2-6(5)10-11-7/h9H,2-4H2,1H3,(H,10,11)/q-1. The average molecular weight is 264 g/mol. The SMILES string of the molecule is C[I-]c1n[nH]c2c1CNCC2. The van der Waals surface area contributed by atoms with E-state index in [1.165, 1.54) is 15.0 Å². The van der Waals surface area contributed by atoms with Gasteiger partial charge in [-0.25, -0.2) is 0 Å². The molecule has 0 saturated heterocycles. The molecule has 1 aliphatic heterocycles. The van der Waals surface area contributed by atoms with E-state index in [0.717, 1.165) is 19.5 Å². The van der Waals surface area contributed by atoms with Crippen LogP contribution >= 0.6 is 0 Å². The molecule has 1 aromatic rings. The van der Waals surface area contributed by atoms with Crippen LogP contribution in [-0.4, -0.2) is 21.7 Å². The van der Waals surface area contributed by atoms with E-state index in [1.807, 2.05) is 0 Å². The monoisotopic (exact) mass is 264 g/mol. The summed E-state index contributed by atoms with van der Waals surface area (Å²) in [6, 6.07) is 0. The second kappa shape index (κ2) is 3.10. The van der Waals surface area contributed by atoms with Gasteiger partial charge in [-0.3, -0.25) is 0 Å². The van der Waals surface area contributed by atoms with Crippen LogP contribution in [0.3, 0.4) is 0 Å². The molecule has 0 aromatic carbocycles. The maximum absolute atomic E-state index is 4.30. The molecule has 0 spiro atoms. The quantitative estimate of drug-likeness (QED) is 0.418. The second-order valence-corrected chi connectivity index (χ2v) is 4.69. The minimum atomic E-state index is 0.148. The fourth-order valence-corrected chi connectivity index (χ4v) is 2.87. The molecule has 0 saturated carbocycles. The van der Waals surface area contributed by atoms with E-state index in [4.69, 9.17) is 0 Å². The van der Waals surface area contributed by atoms with Gasteiger partial charge >= 0.3 is 76.1 Å². The van der Waals surface area contributed by atoms with E-state index in [0.29, 0.717) is 0 Å². The molecule has 0 fully saturated rings. The number of H-pyrrole nitrogens is 1. The van der Waals surface area contributed by atoms with E-state index in [1.54, 1.807) is 0 Å². The zero-order valence-electron chi connectivity index (χ0n) is 6.45. The molecule has 4 heteroatoms. The van der Waals surface area contributed by atoms with Crippen LogP contribution < -0.4 is 26.5 Å². The molecule has 11 heavy (non-hydrogen) atoms. The number of hydrogen-bond donors (Lipinski definition) is 2. The van der Waals surface area contributed by atoms with Crippen molar-refractivity contribution in [3.8, 4) is 0 Å². The van der Waals surface area contributed by atoms with Crippen molar-refractivity contribution in [1.82, 2.24) is 15.5 Å². The van der Waals surface area contributed by atoms with Gasteiger partial charge < -0.3 is 0 Å². The van der Waals surface area contributed by atoms with Crippen molar-refractivity contribution in [2.45, 2.75) is 13.0 Å². The predicted octanol–water partition coefficient (Wildman–Crippen LogP) is -3.06. The Hall–Kier alpha value is -0.100. The van der Waals surface area contributed by atoms with Crippen LogP contribution in [0.5, 0.6) is 0 Å². The van der Waals surface area contributed by atoms with Gasteiger partial charge in [0.05, 0.1) is 0 Å². The number of alkyl halides is 1. The molecule has 0 unspecified atom stereocenters. The number of aromatic nitrogens is 2. The summed E-state index contributed by atoms with van der Waals surface area (Å²) in [5, 5.41) is 10.8. The summed E-state index contributed by atoms with van der Waals surface area (Å²) < 4.78 is 1.34. The first-order valence-corrected chi connectivity index (χ1v) is 6.91. The van der Waals surface area contributed by atoms with E-state index < -0.39 is 0 Å². The molecule has 0 amide bonds. The third-order valence-corrected chi connectivity index (χ3v) is 3.85. The van der Waals surface area contributed by atoms with Crippen LogP contribution in [0, 0.1) is 3.70 Å². The first kappa shape index (κ1) is 7.54. The third-order valence-electron chi connectivity index (χ3n) is 1.93. The van der Waals surface area contributed by atoms with Crippen LogP contribution in [0.2, 0.25) is 0 Å². The van der Waals surface area contributed by atoms with Crippen molar-refractivity contribution in [3.05, 3.63) is 15.0 Å². The van der Waals surface area contributed by atoms with Gasteiger partial charge in [-0.2, -0.15) is 0 Å². The fraction of sp³-hybridized carbons (Fsp3) is 0.571. The van der Waals surface area contributed by atoms with Gasteiger partial charge in [0.1, 0.15) is 0 Å². The average Bonchev–Trinajstić information content (AvgIpc) is 2.47. The molecule has 2 rings (SSSR count). The van der Waals surface area contributed by atoms with Crippen molar-refractivity contribution in [2.24, 2.45) is 0 Å². The zero-order valence-corrected chi connectivity index (χ0v) is 8.60. The Morgan fingerprint density at radius 3 is 3.27 bits per heavy atom. The van der Waals surface area contributed by atoms with Crippen LogP contribution in [0.25, 0.3) is 0 Å². The molecule has 2 heterocycles. The summed E-state index contributed by atoms with van der Waals surface area (Å²) in [5.74, 6) is 0. The molecule has 0 radical (unpaired) electrons. The van der Waals surface area contributed by atoms with Gasteiger partial charge in [0.2, 0.25) is 0 Å². The molecule has 1 aliphatic rings. The molecule has 1 aromatic heterocycles. The third kappa shape index (κ3) is 1.29. The Balaban J connectivity index is 2.38. The zero-order chi connectivity index (χ0) is 7.68. The fourth-order valence-electron chi connectivity index (χ4n) is 1.35. The Bertz CT molecular complexity index is 243. The summed E-state index contributed by atoms with van der Waals surface area (Å²) >= 11 is 0.148. The van der Waals surface area contributed by atoms with Gasteiger partial charge in [0.15, 0.2) is 0 Å². The van der Waals surface area contributed by atoms with Crippen LogP contribution in [0.1, 0.15) is 11.3 Å². The summed E-state index contributed by atoms with van der Waals surface area (Å²) in [6.45, 7) is 2.12. The van der Waals surface area contributed by atoms with Crippen molar-refractivity contribution in [2.75, 3.05) is 11.5 Å². The number of rotatable bonds is 1. The summed E-state index contributed by atoms with van der Waals surface area (Å²) in [7, 11) is 0. The molecule has 0 atom stereocenters. The molecule has 3 nitrogen and oxygen atoms in total. The van der Waals surface area contributed by atoms with Crippen molar-refractivity contribution in [1.29, 1.82) is 0 Å². The molecule has 62 valence electrons. The van der Waals surface area contributed by atoms with E-state index in [-0.39, 0.29) is 21.2 Å². The van der Waals surface area contributed by atoms with Gasteiger partial charge in [-0.05, 0) is 0 Å². The predicted molar refractivity (Wildman–Crippen MR) is 38.6 cm³/mol. The molecular weight excluding hydrogens is 253 g/mol. The molecule has 0 aliphatic carbocycles. The van der Waals surface area contributed by atoms with Crippen molar-refractivity contribution < 1.29 is 21.2 Å². The van der Waals surface area contributed by atoms with Gasteiger partial charge in [-0.15, -0.1) is 0 Å². The molecule has 2 N–H and O–H groups in total. The van der Waals surface area contributed by atoms with E-state index >= 15 is 0 Å². The number of halogens is 1.